The lowest BCUT2D eigenvalue weighted by atomic mass is 10.2. The largest absolute Gasteiger partial charge is 0.486 e. The number of aliphatic hydroxyl groups is 1. The molecule has 0 aliphatic carbocycles. The van der Waals surface area contributed by atoms with Gasteiger partial charge in [-0.1, -0.05) is 18.2 Å². The van der Waals surface area contributed by atoms with Crippen molar-refractivity contribution in [3.8, 4) is 5.75 Å². The smallest absolute Gasteiger partial charge is 0.189 e. The van der Waals surface area contributed by atoms with Crippen molar-refractivity contribution in [1.29, 1.82) is 0 Å². The number of rotatable bonds is 6. The van der Waals surface area contributed by atoms with Crippen LogP contribution in [0, 0.1) is 13.8 Å². The molecule has 0 saturated carbocycles. The Kier molecular flexibility index (Phi) is 4.30. The highest BCUT2D eigenvalue weighted by molar-refractivity contribution is 5.93. The fraction of sp³-hybridized carbons (Fsp3) is 0.316. The van der Waals surface area contributed by atoms with Crippen molar-refractivity contribution < 1.29 is 9.84 Å². The summed E-state index contributed by atoms with van der Waals surface area (Å²) in [6.45, 7) is 5.33. The van der Waals surface area contributed by atoms with Gasteiger partial charge in [0.15, 0.2) is 11.5 Å². The lowest BCUT2D eigenvalue weighted by Crippen LogP contribution is -2.03. The molecule has 0 unspecified atom stereocenters. The van der Waals surface area contributed by atoms with E-state index in [1.807, 2.05) is 30.3 Å². The second-order valence-electron chi connectivity index (χ2n) is 6.28. The second-order valence-corrected chi connectivity index (χ2v) is 6.28. The average molecular weight is 351 g/mol. The highest BCUT2D eigenvalue weighted by Gasteiger charge is 2.17. The normalized spacial score (nSPS) is 11.5. The Morgan fingerprint density at radius 1 is 1.12 bits per heavy atom. The molecule has 134 valence electrons. The third-order valence-corrected chi connectivity index (χ3v) is 4.64. The summed E-state index contributed by atoms with van der Waals surface area (Å²) in [5.41, 5.74) is 3.94. The van der Waals surface area contributed by atoms with Crippen molar-refractivity contribution in [2.75, 3.05) is 6.61 Å². The van der Waals surface area contributed by atoms with Crippen LogP contribution in [-0.4, -0.2) is 35.9 Å². The fourth-order valence-electron chi connectivity index (χ4n) is 3.20. The standard InChI is InChI=1S/C19H21N5O2/c1-13-14(2)23(9-6-10-25)18-17(13)19-21-16(22-24(19)12-20-18)11-26-15-7-4-3-5-8-15/h3-5,7-8,12,25H,6,9-11H2,1-2H3. The molecule has 4 rings (SSSR count). The molecule has 3 heterocycles. The topological polar surface area (TPSA) is 77.5 Å². The summed E-state index contributed by atoms with van der Waals surface area (Å²) in [5, 5.41) is 14.6. The third kappa shape index (κ3) is 2.80. The van der Waals surface area contributed by atoms with Gasteiger partial charge in [0.1, 0.15) is 24.3 Å². The summed E-state index contributed by atoms with van der Waals surface area (Å²) < 4.78 is 9.59. The predicted octanol–water partition coefficient (Wildman–Crippen LogP) is 2.66. The van der Waals surface area contributed by atoms with Gasteiger partial charge in [-0.2, -0.15) is 0 Å². The number of nitrogens with zero attached hydrogens (tertiary/aromatic N) is 5. The molecule has 4 aromatic rings. The first-order chi connectivity index (χ1) is 12.7. The minimum Gasteiger partial charge on any atom is -0.486 e. The van der Waals surface area contributed by atoms with Gasteiger partial charge in [0.2, 0.25) is 0 Å². The van der Waals surface area contributed by atoms with E-state index in [4.69, 9.17) is 9.84 Å². The summed E-state index contributed by atoms with van der Waals surface area (Å²) in [7, 11) is 0. The molecule has 1 aromatic carbocycles. The first-order valence-corrected chi connectivity index (χ1v) is 8.67. The minimum absolute atomic E-state index is 0.159. The summed E-state index contributed by atoms with van der Waals surface area (Å²) in [4.78, 5) is 9.25. The Bertz CT molecular complexity index is 1050. The molecule has 0 bridgehead atoms. The van der Waals surface area contributed by atoms with Crippen molar-refractivity contribution >= 4 is 16.7 Å². The van der Waals surface area contributed by atoms with Gasteiger partial charge in [-0.05, 0) is 38.0 Å². The van der Waals surface area contributed by atoms with Crippen LogP contribution in [0.15, 0.2) is 36.7 Å². The molecule has 0 radical (unpaired) electrons. The molecule has 26 heavy (non-hydrogen) atoms. The number of aromatic nitrogens is 5. The van der Waals surface area contributed by atoms with Crippen LogP contribution in [0.25, 0.3) is 16.7 Å². The van der Waals surface area contributed by atoms with Crippen molar-refractivity contribution in [3.05, 3.63) is 53.7 Å². The highest BCUT2D eigenvalue weighted by atomic mass is 16.5. The van der Waals surface area contributed by atoms with Gasteiger partial charge in [-0.25, -0.2) is 14.5 Å². The van der Waals surface area contributed by atoms with E-state index >= 15 is 0 Å². The molecule has 0 aliphatic heterocycles. The Labute approximate surface area is 150 Å². The number of hydrogen-bond acceptors (Lipinski definition) is 5. The van der Waals surface area contributed by atoms with Crippen LogP contribution in [0.1, 0.15) is 23.5 Å². The van der Waals surface area contributed by atoms with E-state index in [0.717, 1.165) is 40.2 Å². The quantitative estimate of drug-likeness (QED) is 0.578. The molecule has 7 heteroatoms. The number of aryl methyl sites for hydroxylation is 2. The van der Waals surface area contributed by atoms with Crippen LogP contribution < -0.4 is 4.74 Å². The van der Waals surface area contributed by atoms with Crippen molar-refractivity contribution in [1.82, 2.24) is 24.1 Å². The lowest BCUT2D eigenvalue weighted by molar-refractivity contribution is 0.280. The number of hydrogen-bond donors (Lipinski definition) is 1. The van der Waals surface area contributed by atoms with E-state index in [2.05, 4.69) is 33.5 Å². The molecule has 0 aliphatic rings. The second kappa shape index (κ2) is 6.76. The van der Waals surface area contributed by atoms with Crippen LogP contribution in [0.4, 0.5) is 0 Å². The molecule has 7 nitrogen and oxygen atoms in total. The van der Waals surface area contributed by atoms with E-state index in [-0.39, 0.29) is 6.61 Å². The number of aliphatic hydroxyl groups excluding tert-OH is 1. The van der Waals surface area contributed by atoms with Crippen LogP contribution in [-0.2, 0) is 13.2 Å². The lowest BCUT2D eigenvalue weighted by Gasteiger charge is -2.05. The number of benzene rings is 1. The molecule has 0 fully saturated rings. The van der Waals surface area contributed by atoms with Crippen LogP contribution in [0.3, 0.4) is 0 Å². The van der Waals surface area contributed by atoms with E-state index in [0.29, 0.717) is 18.9 Å². The maximum Gasteiger partial charge on any atom is 0.189 e. The Morgan fingerprint density at radius 2 is 1.92 bits per heavy atom. The van der Waals surface area contributed by atoms with Crippen molar-refractivity contribution in [3.63, 3.8) is 0 Å². The first kappa shape index (κ1) is 16.5. The number of ether oxygens (including phenoxy) is 1. The molecule has 1 N–H and O–H groups in total. The molecule has 0 spiro atoms. The predicted molar refractivity (Wildman–Crippen MR) is 98.2 cm³/mol. The monoisotopic (exact) mass is 351 g/mol. The van der Waals surface area contributed by atoms with Crippen LogP contribution in [0.5, 0.6) is 5.75 Å². The molecule has 3 aromatic heterocycles. The molecular formula is C19H21N5O2. The SMILES string of the molecule is Cc1c(C)n(CCCO)c2ncn3nc(COc4ccccc4)nc3c12. The van der Waals surface area contributed by atoms with Crippen LogP contribution >= 0.6 is 0 Å². The van der Waals surface area contributed by atoms with Gasteiger partial charge < -0.3 is 14.4 Å². The Hall–Kier alpha value is -2.93. The molecule has 0 atom stereocenters. The Balaban J connectivity index is 1.72. The van der Waals surface area contributed by atoms with Crippen molar-refractivity contribution in [2.45, 2.75) is 33.4 Å². The third-order valence-electron chi connectivity index (χ3n) is 4.64. The zero-order chi connectivity index (χ0) is 18.1. The minimum atomic E-state index is 0.159. The zero-order valence-corrected chi connectivity index (χ0v) is 14.9. The van der Waals surface area contributed by atoms with Crippen molar-refractivity contribution in [2.24, 2.45) is 0 Å². The van der Waals surface area contributed by atoms with Gasteiger partial charge in [-0.15, -0.1) is 5.10 Å². The average Bonchev–Trinajstić information content (AvgIpc) is 3.19. The van der Waals surface area contributed by atoms with Gasteiger partial charge in [0.25, 0.3) is 0 Å². The first-order valence-electron chi connectivity index (χ1n) is 8.67. The maximum absolute atomic E-state index is 9.15. The zero-order valence-electron chi connectivity index (χ0n) is 14.9. The summed E-state index contributed by atoms with van der Waals surface area (Å²) in [6, 6.07) is 9.63. The van der Waals surface area contributed by atoms with Gasteiger partial charge >= 0.3 is 0 Å². The van der Waals surface area contributed by atoms with Gasteiger partial charge in [0, 0.05) is 18.8 Å². The Morgan fingerprint density at radius 3 is 2.69 bits per heavy atom. The van der Waals surface area contributed by atoms with E-state index < -0.39 is 0 Å². The fourth-order valence-corrected chi connectivity index (χ4v) is 3.20. The van der Waals surface area contributed by atoms with Crippen LogP contribution in [0.2, 0.25) is 0 Å². The number of para-hydroxylation sites is 1. The van der Waals surface area contributed by atoms with E-state index in [1.165, 1.54) is 0 Å². The molecule has 0 saturated heterocycles. The van der Waals surface area contributed by atoms with Gasteiger partial charge in [0.05, 0.1) is 5.39 Å². The molecular weight excluding hydrogens is 330 g/mol. The summed E-state index contributed by atoms with van der Waals surface area (Å²) in [5.74, 6) is 1.40. The number of fused-ring (bicyclic) bond motifs is 3. The maximum atomic E-state index is 9.15. The molecule has 0 amide bonds. The summed E-state index contributed by atoms with van der Waals surface area (Å²) in [6.07, 6.45) is 2.38. The summed E-state index contributed by atoms with van der Waals surface area (Å²) >= 11 is 0. The highest BCUT2D eigenvalue weighted by Crippen LogP contribution is 2.27. The van der Waals surface area contributed by atoms with E-state index in [9.17, 15) is 0 Å². The van der Waals surface area contributed by atoms with E-state index in [1.54, 1.807) is 10.8 Å². The van der Waals surface area contributed by atoms with Gasteiger partial charge in [-0.3, -0.25) is 0 Å².